The van der Waals surface area contributed by atoms with Crippen LogP contribution in [0.4, 0.5) is 5.82 Å². The number of imidazole rings is 1. The molecule has 1 saturated heterocycles. The second kappa shape index (κ2) is 33.2. The van der Waals surface area contributed by atoms with Crippen molar-refractivity contribution in [3.8, 4) is 10.7 Å². The van der Waals surface area contributed by atoms with E-state index in [0.29, 0.717) is 28.8 Å². The number of aliphatic hydroxyl groups is 6. The van der Waals surface area contributed by atoms with Gasteiger partial charge in [-0.3, -0.25) is 33.6 Å². The first-order valence-electron chi connectivity index (χ1n) is 27.2. The van der Waals surface area contributed by atoms with Gasteiger partial charge >= 0.3 is 0 Å². The van der Waals surface area contributed by atoms with Crippen LogP contribution in [0.25, 0.3) is 10.7 Å². The highest BCUT2D eigenvalue weighted by atomic mass is 32.1. The summed E-state index contributed by atoms with van der Waals surface area (Å²) >= 11 is 2.55. The van der Waals surface area contributed by atoms with Gasteiger partial charge in [0.2, 0.25) is 29.5 Å². The maximum absolute atomic E-state index is 14.7. The van der Waals surface area contributed by atoms with Gasteiger partial charge in [0, 0.05) is 48.8 Å². The minimum Gasteiger partial charge on any atom is -0.394 e. The number of carbonyl (C=O) groups excluding carboxylic acids is 7. The van der Waals surface area contributed by atoms with Crippen LogP contribution in [-0.2, 0) is 39.9 Å². The van der Waals surface area contributed by atoms with Crippen LogP contribution in [0.5, 0.6) is 0 Å². The highest BCUT2D eigenvalue weighted by Crippen LogP contribution is 2.31. The van der Waals surface area contributed by atoms with Crippen LogP contribution in [0.2, 0.25) is 0 Å². The van der Waals surface area contributed by atoms with Gasteiger partial charge in [-0.25, -0.2) is 24.9 Å². The van der Waals surface area contributed by atoms with Crippen LogP contribution in [0.3, 0.4) is 0 Å². The van der Waals surface area contributed by atoms with Crippen LogP contribution in [0, 0.1) is 12.8 Å². The lowest BCUT2D eigenvalue weighted by Crippen LogP contribution is -2.61. The molecular weight excluding hydrogens is 1160 g/mol. The first kappa shape index (κ1) is 68.9. The Labute approximate surface area is 495 Å². The normalized spacial score (nSPS) is 20.1. The molecule has 7 amide bonds. The summed E-state index contributed by atoms with van der Waals surface area (Å²) in [6, 6.07) is -7.35. The van der Waals surface area contributed by atoms with Crippen molar-refractivity contribution in [3.05, 3.63) is 56.8 Å². The van der Waals surface area contributed by atoms with E-state index in [2.05, 4.69) is 67.1 Å². The molecule has 24 N–H and O–H groups in total. The second-order valence-corrected chi connectivity index (χ2v) is 22.0. The van der Waals surface area contributed by atoms with Gasteiger partial charge in [-0.15, -0.1) is 22.7 Å². The van der Waals surface area contributed by atoms with E-state index in [1.54, 1.807) is 10.8 Å². The minimum atomic E-state index is -2.03. The number of aromatic nitrogens is 6. The second-order valence-electron chi connectivity index (χ2n) is 20.2. The lowest BCUT2D eigenvalue weighted by molar-refractivity contribution is -0.313. The number of aliphatic hydroxyl groups excluding tert-OH is 6. The molecule has 4 aromatic heterocycles. The zero-order valence-corrected chi connectivity index (χ0v) is 48.8. The number of H-pyrrole nitrogens is 1. The van der Waals surface area contributed by atoms with Crippen LogP contribution < -0.4 is 65.9 Å². The van der Waals surface area contributed by atoms with E-state index in [9.17, 15) is 64.2 Å². The van der Waals surface area contributed by atoms with Crippen molar-refractivity contribution in [2.75, 3.05) is 51.6 Å². The maximum atomic E-state index is 14.7. The average molecular weight is 1240 g/mol. The minimum absolute atomic E-state index is 0.0306. The van der Waals surface area contributed by atoms with Crippen LogP contribution in [-0.4, -0.2) is 215 Å². The smallest absolute Gasteiger partial charge is 0.271 e. The Kier molecular flexibility index (Phi) is 26.9. The van der Waals surface area contributed by atoms with Crippen LogP contribution >= 0.6 is 22.7 Å². The summed E-state index contributed by atoms with van der Waals surface area (Å²) in [6.45, 7) is 6.79. The molecule has 0 spiro atoms. The van der Waals surface area contributed by atoms with Crippen LogP contribution in [0.15, 0.2) is 23.3 Å². The molecule has 5 rings (SSSR count). The quantitative estimate of drug-likeness (QED) is 0.0191. The third-order valence-corrected chi connectivity index (χ3v) is 15.3. The van der Waals surface area contributed by atoms with E-state index in [0.717, 1.165) is 44.9 Å². The number of rotatable bonds is 35. The number of ether oxygens (including phenoxy) is 2. The summed E-state index contributed by atoms with van der Waals surface area (Å²) in [7, 11) is 0. The number of nitrogens with one attached hydrogen (secondary N) is 8. The van der Waals surface area contributed by atoms with Gasteiger partial charge in [0.1, 0.15) is 76.3 Å². The van der Waals surface area contributed by atoms with E-state index in [4.69, 9.17) is 38.1 Å². The Hall–Kier alpha value is -6.84. The highest BCUT2D eigenvalue weighted by Gasteiger charge is 2.47. The van der Waals surface area contributed by atoms with E-state index in [1.165, 1.54) is 50.4 Å². The predicted molar refractivity (Wildman–Crippen MR) is 305 cm³/mol. The number of primary amides is 2. The van der Waals surface area contributed by atoms with E-state index < -0.39 is 139 Å². The van der Waals surface area contributed by atoms with Crippen molar-refractivity contribution in [2.45, 2.75) is 139 Å². The van der Waals surface area contributed by atoms with Gasteiger partial charge in [0.15, 0.2) is 6.29 Å². The van der Waals surface area contributed by atoms with Crippen LogP contribution in [0.1, 0.15) is 102 Å². The molecule has 0 radical (unpaired) electrons. The molecule has 14 atom stereocenters. The summed E-state index contributed by atoms with van der Waals surface area (Å²) in [6.07, 6.45) is -9.49. The number of nitrogens with two attached hydrogens (primary N) is 5. The summed E-state index contributed by atoms with van der Waals surface area (Å²) in [4.78, 5) is 117. The number of anilines is 1. The number of nitrogen functional groups attached to an aromatic ring is 1. The molecule has 0 saturated carbocycles. The maximum Gasteiger partial charge on any atom is 0.271 e. The average Bonchev–Trinajstić information content (AvgIpc) is 4.32. The van der Waals surface area contributed by atoms with Gasteiger partial charge in [-0.2, -0.15) is 0 Å². The third kappa shape index (κ3) is 19.6. The van der Waals surface area contributed by atoms with Gasteiger partial charge < -0.3 is 111 Å². The predicted octanol–water partition coefficient (Wildman–Crippen LogP) is -6.18. The monoisotopic (exact) mass is 1230 g/mol. The molecule has 470 valence electrons. The SMILES string of the molecule is Cc1c(N)nc([C@H](CC(N)=O)NC[C@H](N)C(N)=O)nc1C(=O)N[C@H](C(=O)N[C@H](C)[C@@H](O)[C@H](C)C(=O)N[C@H](C(=O)NCCc1nc(-c2nc(C(=O)NCCCNCCCCN)cs2)cs1)[C@@H](C)O)[C@@H](O[C@@H]1O[C@@H](CO)[C@@H](O)[C@H](O)[C@@H]1O)c1cnc[nH]1. The van der Waals surface area contributed by atoms with Gasteiger partial charge in [-0.1, -0.05) is 6.92 Å². The van der Waals surface area contributed by atoms with Gasteiger partial charge in [0.25, 0.3) is 11.8 Å². The molecule has 85 heavy (non-hydrogen) atoms. The first-order valence-corrected chi connectivity index (χ1v) is 28.9. The topological polar surface area (TPSA) is 554 Å². The van der Waals surface area contributed by atoms with Crippen molar-refractivity contribution in [1.82, 2.24) is 67.1 Å². The Morgan fingerprint density at radius 3 is 2.21 bits per heavy atom. The number of aromatic amines is 1. The molecule has 4 aromatic rings. The Balaban J connectivity index is 1.28. The Morgan fingerprint density at radius 1 is 0.824 bits per heavy atom. The van der Waals surface area contributed by atoms with Crippen molar-refractivity contribution in [3.63, 3.8) is 0 Å². The van der Waals surface area contributed by atoms with Gasteiger partial charge in [-0.05, 0) is 59.7 Å². The molecule has 5 heterocycles. The van der Waals surface area contributed by atoms with E-state index in [1.807, 2.05) is 0 Å². The molecule has 0 bridgehead atoms. The number of amides is 7. The van der Waals surface area contributed by atoms with Crippen molar-refractivity contribution in [2.24, 2.45) is 28.9 Å². The van der Waals surface area contributed by atoms with Crippen molar-refractivity contribution in [1.29, 1.82) is 0 Å². The Bertz CT molecular complexity index is 2850. The molecular formula is C50H78N18O15S2. The third-order valence-electron chi connectivity index (χ3n) is 13.5. The van der Waals surface area contributed by atoms with E-state index in [-0.39, 0.29) is 54.0 Å². The molecule has 33 nitrogen and oxygen atoms in total. The fourth-order valence-electron chi connectivity index (χ4n) is 8.45. The molecule has 0 unspecified atom stereocenters. The van der Waals surface area contributed by atoms with Gasteiger partial charge in [0.05, 0.1) is 66.1 Å². The summed E-state index contributed by atoms with van der Waals surface area (Å²) in [5.74, 6) is -8.06. The lowest BCUT2D eigenvalue weighted by atomic mass is 9.96. The standard InChI is InChI=1S/C50H78N18O15S2/c1-21-33(65-43(68-41(21)54)26(14-31(53)71)60-15-25(52)42(55)76)47(80)67-35(40(27-16-57-20-61-27)83-50-39(75)38(74)37(73)30(17-69)82-50)48(81)62-23(3)36(72)22(2)44(77)66-34(24(4)70)46(79)59-13-8-32-63-29(19-84-32)49-64-28(18-85-49)45(78)58-12-7-11-56-10-6-5-9-51/h16,18-20,22-26,30,34-40,50,56,60,69-70,72-75H,5-15,17,51-52H2,1-4H3,(H2,53,71)(H2,55,76)(H,57,61)(H,58,78)(H,59,79)(H,62,81)(H,66,77)(H,67,80)(H2,54,65,68)/t22-,23+,24+,25-,26-,30-,34-,35-,36-,37+,38-,39-,40-,50-/m0/s1. The molecule has 1 aliphatic rings. The number of unbranched alkanes of at least 4 members (excludes halogenated alkanes) is 1. The van der Waals surface area contributed by atoms with E-state index >= 15 is 0 Å². The summed E-state index contributed by atoms with van der Waals surface area (Å²) in [5, 5.41) is 88.0. The summed E-state index contributed by atoms with van der Waals surface area (Å²) < 4.78 is 11.7. The molecule has 0 aromatic carbocycles. The molecule has 1 aliphatic heterocycles. The zero-order valence-electron chi connectivity index (χ0n) is 47.2. The summed E-state index contributed by atoms with van der Waals surface area (Å²) in [5.41, 5.74) is 28.5. The molecule has 0 aliphatic carbocycles. The number of hydrogen-bond donors (Lipinski definition) is 19. The number of hydrogen-bond acceptors (Lipinski definition) is 27. The van der Waals surface area contributed by atoms with Crippen molar-refractivity contribution < 1.29 is 73.7 Å². The first-order chi connectivity index (χ1) is 40.4. The zero-order chi connectivity index (χ0) is 62.7. The number of nitrogens with zero attached hydrogens (tertiary/aromatic N) is 5. The molecule has 35 heteroatoms. The fourth-order valence-corrected chi connectivity index (χ4v) is 10.1. The highest BCUT2D eigenvalue weighted by molar-refractivity contribution is 7.14. The van der Waals surface area contributed by atoms with Crippen molar-refractivity contribution >= 4 is 69.8 Å². The number of carbonyl (C=O) groups is 7. The largest absolute Gasteiger partial charge is 0.394 e. The lowest BCUT2D eigenvalue weighted by Gasteiger charge is -2.41. The molecule has 1 fully saturated rings. The number of thiazole rings is 2. The Morgan fingerprint density at radius 2 is 1.55 bits per heavy atom. The fraction of sp³-hybridized carbons (Fsp3) is 0.600.